The van der Waals surface area contributed by atoms with Crippen LogP contribution in [-0.4, -0.2) is 9.97 Å². The van der Waals surface area contributed by atoms with Crippen LogP contribution in [0.4, 0.5) is 26.3 Å². The summed E-state index contributed by atoms with van der Waals surface area (Å²) in [6.07, 6.45) is -9.96. The Morgan fingerprint density at radius 1 is 0.500 bits per heavy atom. The van der Waals surface area contributed by atoms with E-state index in [1.165, 1.54) is 0 Å². The van der Waals surface area contributed by atoms with Crippen LogP contribution in [0.2, 0.25) is 0 Å². The number of hydrogen-bond donors (Lipinski definition) is 0. The maximum absolute atomic E-state index is 14.2. The third-order valence-electron chi connectivity index (χ3n) is 6.00. The molecule has 0 fully saturated rings. The van der Waals surface area contributed by atoms with E-state index in [4.69, 9.17) is 8.83 Å². The van der Waals surface area contributed by atoms with Crippen molar-refractivity contribution in [3.8, 4) is 34.0 Å². The lowest BCUT2D eigenvalue weighted by atomic mass is 9.93. The first kappa shape index (κ1) is 23.8. The van der Waals surface area contributed by atoms with Gasteiger partial charge in [-0.05, 0) is 59.7 Å². The van der Waals surface area contributed by atoms with Gasteiger partial charge in [0.15, 0.2) is 11.2 Å². The Morgan fingerprint density at radius 3 is 1.21 bits per heavy atom. The summed E-state index contributed by atoms with van der Waals surface area (Å²) < 4.78 is 96.4. The molecule has 0 aliphatic heterocycles. The van der Waals surface area contributed by atoms with Crippen LogP contribution in [0.15, 0.2) is 93.8 Å². The highest BCUT2D eigenvalue weighted by Gasteiger charge is 2.40. The van der Waals surface area contributed by atoms with E-state index < -0.39 is 34.6 Å². The molecule has 0 atom stereocenters. The van der Waals surface area contributed by atoms with Crippen LogP contribution in [-0.2, 0) is 12.4 Å². The van der Waals surface area contributed by atoms with E-state index in [9.17, 15) is 26.3 Å². The molecule has 0 unspecified atom stereocenters. The van der Waals surface area contributed by atoms with Crippen LogP contribution in [0.5, 0.6) is 0 Å². The average Bonchev–Trinajstić information content (AvgIpc) is 3.51. The molecule has 2 heterocycles. The van der Waals surface area contributed by atoms with Crippen molar-refractivity contribution in [3.05, 3.63) is 96.1 Å². The summed E-state index contributed by atoms with van der Waals surface area (Å²) in [6, 6.07) is 20.1. The van der Waals surface area contributed by atoms with E-state index in [0.717, 1.165) is 12.1 Å². The minimum Gasteiger partial charge on any atom is -0.436 e. The number of benzene rings is 4. The lowest BCUT2D eigenvalue weighted by Gasteiger charge is -2.17. The molecule has 6 aromatic rings. The number of hydrogen-bond acceptors (Lipinski definition) is 4. The Kier molecular flexibility index (Phi) is 5.30. The third-order valence-corrected chi connectivity index (χ3v) is 6.00. The topological polar surface area (TPSA) is 52.1 Å². The smallest absolute Gasteiger partial charge is 0.417 e. The van der Waals surface area contributed by atoms with Crippen LogP contribution in [0.3, 0.4) is 0 Å². The molecule has 2 aromatic heterocycles. The Labute approximate surface area is 210 Å². The van der Waals surface area contributed by atoms with Crippen LogP contribution >= 0.6 is 0 Å². The van der Waals surface area contributed by atoms with E-state index in [-0.39, 0.29) is 34.0 Å². The summed E-state index contributed by atoms with van der Waals surface area (Å²) in [5.41, 5.74) is -3.46. The normalized spacial score (nSPS) is 12.5. The lowest BCUT2D eigenvalue weighted by molar-refractivity contribution is -0.139. The monoisotopic (exact) mass is 524 g/mol. The number of alkyl halides is 6. The van der Waals surface area contributed by atoms with E-state index in [0.29, 0.717) is 23.3 Å². The molecule has 0 spiro atoms. The van der Waals surface area contributed by atoms with Crippen molar-refractivity contribution in [2.75, 3.05) is 0 Å². The summed E-state index contributed by atoms with van der Waals surface area (Å²) >= 11 is 0. The molecule has 38 heavy (non-hydrogen) atoms. The van der Waals surface area contributed by atoms with Gasteiger partial charge in [-0.3, -0.25) is 0 Å². The second kappa shape index (κ2) is 8.47. The zero-order chi connectivity index (χ0) is 26.7. The maximum atomic E-state index is 14.2. The molecule has 0 bridgehead atoms. The molecule has 4 nitrogen and oxygen atoms in total. The molecule has 0 saturated carbocycles. The fourth-order valence-electron chi connectivity index (χ4n) is 4.27. The molecule has 0 amide bonds. The number of halogens is 6. The van der Waals surface area contributed by atoms with Gasteiger partial charge in [-0.1, -0.05) is 36.4 Å². The standard InChI is InChI=1S/C28H14F6N2O2/c29-27(30,31)19-13-21-23(37-25(35-21)15-7-3-1-4-8-15)11-17(19)18-12-24-22(14-20(18)28(32,33)34)36-26(38-24)16-9-5-2-6-10-16/h1-14H. The second-order valence-electron chi connectivity index (χ2n) is 8.50. The second-order valence-corrected chi connectivity index (χ2v) is 8.50. The van der Waals surface area contributed by atoms with Crippen molar-refractivity contribution in [2.24, 2.45) is 0 Å². The van der Waals surface area contributed by atoms with Crippen molar-refractivity contribution in [2.45, 2.75) is 12.4 Å². The van der Waals surface area contributed by atoms with Gasteiger partial charge in [0.25, 0.3) is 0 Å². The van der Waals surface area contributed by atoms with Crippen LogP contribution < -0.4 is 0 Å². The van der Waals surface area contributed by atoms with E-state index in [1.54, 1.807) is 60.7 Å². The van der Waals surface area contributed by atoms with Gasteiger partial charge in [-0.15, -0.1) is 0 Å². The van der Waals surface area contributed by atoms with Gasteiger partial charge in [0.05, 0.1) is 11.1 Å². The van der Waals surface area contributed by atoms with Gasteiger partial charge >= 0.3 is 12.4 Å². The SMILES string of the molecule is FC(F)(F)c1cc2nc(-c3ccccc3)oc2cc1-c1cc2oc(-c3ccccc3)nc2cc1C(F)(F)F. The molecule has 0 radical (unpaired) electrons. The quantitative estimate of drug-likeness (QED) is 0.217. The number of rotatable bonds is 3. The molecule has 10 heteroatoms. The molecule has 190 valence electrons. The zero-order valence-electron chi connectivity index (χ0n) is 19.1. The van der Waals surface area contributed by atoms with Crippen LogP contribution in [0.25, 0.3) is 56.2 Å². The molecular formula is C28H14F6N2O2. The fourth-order valence-corrected chi connectivity index (χ4v) is 4.27. The largest absolute Gasteiger partial charge is 0.436 e. The highest BCUT2D eigenvalue weighted by Crippen LogP contribution is 2.46. The molecule has 0 saturated heterocycles. The highest BCUT2D eigenvalue weighted by molar-refractivity contribution is 5.90. The fraction of sp³-hybridized carbons (Fsp3) is 0.0714. The first-order valence-electron chi connectivity index (χ1n) is 11.2. The molecule has 0 N–H and O–H groups in total. The first-order chi connectivity index (χ1) is 18.1. The van der Waals surface area contributed by atoms with Gasteiger partial charge in [-0.25, -0.2) is 9.97 Å². The minimum absolute atomic E-state index is 0.0418. The van der Waals surface area contributed by atoms with Gasteiger partial charge < -0.3 is 8.83 Å². The van der Waals surface area contributed by atoms with Gasteiger partial charge in [-0.2, -0.15) is 26.3 Å². The third kappa shape index (κ3) is 4.17. The number of fused-ring (bicyclic) bond motifs is 2. The number of aromatic nitrogens is 2. The van der Waals surface area contributed by atoms with E-state index in [1.807, 2.05) is 0 Å². The first-order valence-corrected chi connectivity index (χ1v) is 11.2. The van der Waals surface area contributed by atoms with E-state index >= 15 is 0 Å². The van der Waals surface area contributed by atoms with Crippen molar-refractivity contribution in [1.82, 2.24) is 9.97 Å². The number of oxazole rings is 2. The molecule has 0 aliphatic carbocycles. The average molecular weight is 524 g/mol. The lowest BCUT2D eigenvalue weighted by Crippen LogP contribution is -2.11. The Morgan fingerprint density at radius 2 is 0.868 bits per heavy atom. The minimum atomic E-state index is -4.98. The van der Waals surface area contributed by atoms with E-state index in [2.05, 4.69) is 9.97 Å². The highest BCUT2D eigenvalue weighted by atomic mass is 19.4. The predicted molar refractivity (Wildman–Crippen MR) is 128 cm³/mol. The number of nitrogens with zero attached hydrogens (tertiary/aromatic N) is 2. The summed E-state index contributed by atoms with van der Waals surface area (Å²) in [7, 11) is 0. The maximum Gasteiger partial charge on any atom is 0.417 e. The molecule has 0 aliphatic rings. The molecule has 4 aromatic carbocycles. The van der Waals surface area contributed by atoms with Crippen LogP contribution in [0.1, 0.15) is 11.1 Å². The predicted octanol–water partition coefficient (Wildman–Crippen LogP) is 9.01. The van der Waals surface area contributed by atoms with Gasteiger partial charge in [0.2, 0.25) is 11.8 Å². The summed E-state index contributed by atoms with van der Waals surface area (Å²) in [5, 5.41) is 0. The van der Waals surface area contributed by atoms with Crippen LogP contribution in [0, 0.1) is 0 Å². The summed E-state index contributed by atoms with van der Waals surface area (Å²) in [6.45, 7) is 0. The Balaban J connectivity index is 1.61. The van der Waals surface area contributed by atoms with Crippen molar-refractivity contribution >= 4 is 22.2 Å². The molecular weight excluding hydrogens is 510 g/mol. The molecule has 6 rings (SSSR count). The zero-order valence-corrected chi connectivity index (χ0v) is 19.1. The Bertz CT molecular complexity index is 1650. The summed E-state index contributed by atoms with van der Waals surface area (Å²) in [4.78, 5) is 8.27. The van der Waals surface area contributed by atoms with Crippen molar-refractivity contribution in [1.29, 1.82) is 0 Å². The van der Waals surface area contributed by atoms with Crippen molar-refractivity contribution in [3.63, 3.8) is 0 Å². The van der Waals surface area contributed by atoms with Crippen molar-refractivity contribution < 1.29 is 35.2 Å². The van der Waals surface area contributed by atoms with Gasteiger partial charge in [0, 0.05) is 11.1 Å². The summed E-state index contributed by atoms with van der Waals surface area (Å²) in [5.74, 6) is 0.0835. The Hall–Kier alpha value is -4.60. The van der Waals surface area contributed by atoms with Gasteiger partial charge in [0.1, 0.15) is 11.0 Å².